The van der Waals surface area contributed by atoms with Gasteiger partial charge in [0.25, 0.3) is 0 Å². The Morgan fingerprint density at radius 2 is 2.00 bits per heavy atom. The van der Waals surface area contributed by atoms with Crippen molar-refractivity contribution >= 4 is 11.8 Å². The summed E-state index contributed by atoms with van der Waals surface area (Å²) in [6.07, 6.45) is 1.28. The SMILES string of the molecule is O=C(O)C(c1ccccc1)n1ccc([N+](=O)[O-])n1. The summed E-state index contributed by atoms with van der Waals surface area (Å²) in [6, 6.07) is 8.51. The number of hydrogen-bond acceptors (Lipinski definition) is 4. The molecule has 7 heteroatoms. The fourth-order valence-corrected chi connectivity index (χ4v) is 1.61. The third kappa shape index (κ3) is 2.19. The molecule has 18 heavy (non-hydrogen) atoms. The lowest BCUT2D eigenvalue weighted by Gasteiger charge is -2.09. The van der Waals surface area contributed by atoms with Crippen LogP contribution >= 0.6 is 0 Å². The molecule has 0 bridgehead atoms. The van der Waals surface area contributed by atoms with E-state index in [2.05, 4.69) is 5.10 Å². The van der Waals surface area contributed by atoms with E-state index in [4.69, 9.17) is 0 Å². The van der Waals surface area contributed by atoms with Crippen molar-refractivity contribution in [2.45, 2.75) is 6.04 Å². The molecular formula is C11H9N3O4. The molecule has 1 aromatic carbocycles. The Morgan fingerprint density at radius 3 is 2.50 bits per heavy atom. The summed E-state index contributed by atoms with van der Waals surface area (Å²) in [6.45, 7) is 0. The monoisotopic (exact) mass is 247 g/mol. The number of carboxylic acids is 1. The van der Waals surface area contributed by atoms with Crippen LogP contribution in [0.1, 0.15) is 11.6 Å². The highest BCUT2D eigenvalue weighted by Crippen LogP contribution is 2.19. The predicted octanol–water partition coefficient (Wildman–Crippen LogP) is 1.47. The molecule has 92 valence electrons. The first-order valence-corrected chi connectivity index (χ1v) is 5.07. The van der Waals surface area contributed by atoms with Gasteiger partial charge in [0.05, 0.1) is 17.4 Å². The maximum Gasteiger partial charge on any atom is 0.389 e. The highest BCUT2D eigenvalue weighted by molar-refractivity contribution is 5.75. The van der Waals surface area contributed by atoms with Gasteiger partial charge in [-0.3, -0.25) is 0 Å². The minimum Gasteiger partial charge on any atom is -0.479 e. The number of rotatable bonds is 4. The molecule has 1 atom stereocenters. The predicted molar refractivity (Wildman–Crippen MR) is 61.1 cm³/mol. The van der Waals surface area contributed by atoms with Gasteiger partial charge in [-0.1, -0.05) is 30.3 Å². The first-order chi connectivity index (χ1) is 8.59. The van der Waals surface area contributed by atoms with Crippen molar-refractivity contribution in [1.82, 2.24) is 9.78 Å². The summed E-state index contributed by atoms with van der Waals surface area (Å²) in [7, 11) is 0. The maximum absolute atomic E-state index is 11.2. The number of nitrogens with zero attached hydrogens (tertiary/aromatic N) is 3. The Kier molecular flexibility index (Phi) is 3.05. The standard InChI is InChI=1S/C11H9N3O4/c15-11(16)10(8-4-2-1-3-5-8)13-7-6-9(12-13)14(17)18/h1-7,10H,(H,15,16). The van der Waals surface area contributed by atoms with Gasteiger partial charge >= 0.3 is 11.8 Å². The molecule has 0 radical (unpaired) electrons. The molecule has 0 saturated carbocycles. The van der Waals surface area contributed by atoms with Crippen molar-refractivity contribution in [2.75, 3.05) is 0 Å². The number of hydrogen-bond donors (Lipinski definition) is 1. The van der Waals surface area contributed by atoms with Crippen LogP contribution in [0.15, 0.2) is 42.6 Å². The maximum atomic E-state index is 11.2. The van der Waals surface area contributed by atoms with Crippen LogP contribution in [0.4, 0.5) is 5.82 Å². The quantitative estimate of drug-likeness (QED) is 0.651. The van der Waals surface area contributed by atoms with E-state index < -0.39 is 16.9 Å². The number of aromatic nitrogens is 2. The van der Waals surface area contributed by atoms with Crippen molar-refractivity contribution < 1.29 is 14.8 Å². The highest BCUT2D eigenvalue weighted by Gasteiger charge is 2.26. The zero-order valence-electron chi connectivity index (χ0n) is 9.13. The van der Waals surface area contributed by atoms with Crippen molar-refractivity contribution in [2.24, 2.45) is 0 Å². The van der Waals surface area contributed by atoms with Crippen molar-refractivity contribution in [3.05, 3.63) is 58.3 Å². The van der Waals surface area contributed by atoms with Gasteiger partial charge in [0, 0.05) is 0 Å². The molecular weight excluding hydrogens is 238 g/mol. The molecule has 0 saturated heterocycles. The van der Waals surface area contributed by atoms with E-state index >= 15 is 0 Å². The molecule has 0 aliphatic heterocycles. The summed E-state index contributed by atoms with van der Waals surface area (Å²) >= 11 is 0. The summed E-state index contributed by atoms with van der Waals surface area (Å²) in [5, 5.41) is 23.4. The van der Waals surface area contributed by atoms with Crippen LogP contribution in [0, 0.1) is 10.1 Å². The van der Waals surface area contributed by atoms with Crippen LogP contribution < -0.4 is 0 Å². The van der Waals surface area contributed by atoms with Crippen molar-refractivity contribution in [3.63, 3.8) is 0 Å². The molecule has 7 nitrogen and oxygen atoms in total. The molecule has 1 heterocycles. The lowest BCUT2D eigenvalue weighted by atomic mass is 10.1. The largest absolute Gasteiger partial charge is 0.479 e. The van der Waals surface area contributed by atoms with Crippen LogP contribution in [0.5, 0.6) is 0 Å². The fraction of sp³-hybridized carbons (Fsp3) is 0.0909. The number of benzene rings is 1. The van der Waals surface area contributed by atoms with E-state index in [1.54, 1.807) is 30.3 Å². The van der Waals surface area contributed by atoms with Gasteiger partial charge in [0.2, 0.25) is 0 Å². The molecule has 1 unspecified atom stereocenters. The Morgan fingerprint density at radius 1 is 1.33 bits per heavy atom. The average molecular weight is 247 g/mol. The lowest BCUT2D eigenvalue weighted by Crippen LogP contribution is -2.20. The van der Waals surface area contributed by atoms with Crippen molar-refractivity contribution in [3.8, 4) is 0 Å². The van der Waals surface area contributed by atoms with Gasteiger partial charge in [-0.05, 0) is 10.5 Å². The van der Waals surface area contributed by atoms with Gasteiger partial charge in [-0.15, -0.1) is 0 Å². The second-order valence-electron chi connectivity index (χ2n) is 3.56. The van der Waals surface area contributed by atoms with E-state index in [0.29, 0.717) is 5.56 Å². The fourth-order valence-electron chi connectivity index (χ4n) is 1.61. The third-order valence-electron chi connectivity index (χ3n) is 2.40. The summed E-state index contributed by atoms with van der Waals surface area (Å²) in [5.41, 5.74) is 0.503. The Balaban J connectivity index is 2.42. The summed E-state index contributed by atoms with van der Waals surface area (Å²) in [5.74, 6) is -1.50. The van der Waals surface area contributed by atoms with Gasteiger partial charge < -0.3 is 15.2 Å². The van der Waals surface area contributed by atoms with Crippen LogP contribution in [-0.4, -0.2) is 25.8 Å². The summed E-state index contributed by atoms with van der Waals surface area (Å²) < 4.78 is 1.07. The third-order valence-corrected chi connectivity index (χ3v) is 2.40. The van der Waals surface area contributed by atoms with E-state index in [-0.39, 0.29) is 5.82 Å². The van der Waals surface area contributed by atoms with Crippen LogP contribution in [0.3, 0.4) is 0 Å². The van der Waals surface area contributed by atoms with Gasteiger partial charge in [0.15, 0.2) is 6.04 Å². The zero-order valence-corrected chi connectivity index (χ0v) is 9.13. The Hall–Kier alpha value is -2.70. The number of nitro groups is 1. The van der Waals surface area contributed by atoms with E-state index in [1.807, 2.05) is 0 Å². The van der Waals surface area contributed by atoms with Crippen LogP contribution in [0.25, 0.3) is 0 Å². The second kappa shape index (κ2) is 4.66. The minimum atomic E-state index is -1.13. The normalized spacial score (nSPS) is 12.0. The molecule has 0 aliphatic rings. The Bertz CT molecular complexity index is 579. The molecule has 1 aromatic heterocycles. The minimum absolute atomic E-state index is 0.378. The van der Waals surface area contributed by atoms with Crippen LogP contribution in [-0.2, 0) is 4.79 Å². The van der Waals surface area contributed by atoms with Crippen LogP contribution in [0.2, 0.25) is 0 Å². The number of carboxylic acid groups (broad SMARTS) is 1. The van der Waals surface area contributed by atoms with Crippen molar-refractivity contribution in [1.29, 1.82) is 0 Å². The molecule has 0 aliphatic carbocycles. The molecule has 2 rings (SSSR count). The summed E-state index contributed by atoms with van der Waals surface area (Å²) in [4.78, 5) is 21.1. The van der Waals surface area contributed by atoms with Gasteiger partial charge in [0.1, 0.15) is 0 Å². The molecule has 0 fully saturated rings. The second-order valence-corrected chi connectivity index (χ2v) is 3.56. The smallest absolute Gasteiger partial charge is 0.389 e. The number of aliphatic carboxylic acids is 1. The molecule has 0 amide bonds. The molecule has 2 aromatic rings. The van der Waals surface area contributed by atoms with Gasteiger partial charge in [-0.25, -0.2) is 4.79 Å². The van der Waals surface area contributed by atoms with E-state index in [0.717, 1.165) is 4.68 Å². The zero-order chi connectivity index (χ0) is 13.1. The molecule has 1 N–H and O–H groups in total. The van der Waals surface area contributed by atoms with E-state index in [9.17, 15) is 20.0 Å². The molecule has 0 spiro atoms. The van der Waals surface area contributed by atoms with Gasteiger partial charge in [-0.2, -0.15) is 4.68 Å². The first kappa shape index (κ1) is 11.8. The Labute approximate surface area is 101 Å². The average Bonchev–Trinajstić information content (AvgIpc) is 2.79. The number of carbonyl (C=O) groups is 1. The highest BCUT2D eigenvalue weighted by atomic mass is 16.6. The van der Waals surface area contributed by atoms with E-state index in [1.165, 1.54) is 12.3 Å². The first-order valence-electron chi connectivity index (χ1n) is 5.07. The lowest BCUT2D eigenvalue weighted by molar-refractivity contribution is -0.389. The topological polar surface area (TPSA) is 98.3 Å².